The quantitative estimate of drug-likeness (QED) is 0.887. The number of nitrogens with two attached hydrogens (primary N) is 1. The molecule has 3 nitrogen and oxygen atoms in total. The van der Waals surface area contributed by atoms with Crippen molar-refractivity contribution in [2.45, 2.75) is 38.3 Å². The van der Waals surface area contributed by atoms with Crippen LogP contribution in [0.25, 0.3) is 0 Å². The van der Waals surface area contributed by atoms with Gasteiger partial charge in [-0.05, 0) is 61.5 Å². The van der Waals surface area contributed by atoms with Crippen LogP contribution < -0.4 is 10.5 Å². The number of hydrogen-bond donors (Lipinski definition) is 1. The summed E-state index contributed by atoms with van der Waals surface area (Å²) in [5, 5.41) is 0. The zero-order valence-electron chi connectivity index (χ0n) is 11.9. The number of hydrogen-bond acceptors (Lipinski definition) is 3. The van der Waals surface area contributed by atoms with Crippen LogP contribution in [0.1, 0.15) is 36.9 Å². The summed E-state index contributed by atoms with van der Waals surface area (Å²) in [6, 6.07) is 6.97. The van der Waals surface area contributed by atoms with Crippen molar-refractivity contribution in [3.8, 4) is 5.75 Å². The van der Waals surface area contributed by atoms with Gasteiger partial charge in [-0.2, -0.15) is 0 Å². The number of fused-ring (bicyclic) bond motifs is 1. The van der Waals surface area contributed by atoms with E-state index in [0.717, 1.165) is 18.1 Å². The van der Waals surface area contributed by atoms with Crippen molar-refractivity contribution in [1.82, 2.24) is 4.90 Å². The van der Waals surface area contributed by atoms with Crippen LogP contribution in [-0.4, -0.2) is 31.1 Å². The van der Waals surface area contributed by atoms with E-state index in [1.54, 1.807) is 7.11 Å². The number of methoxy groups -OCH3 is 1. The van der Waals surface area contributed by atoms with Gasteiger partial charge in [-0.1, -0.05) is 13.0 Å². The van der Waals surface area contributed by atoms with Crippen LogP contribution in [0, 0.1) is 5.92 Å². The Kier molecular flexibility index (Phi) is 3.50. The highest BCUT2D eigenvalue weighted by Gasteiger charge is 2.35. The van der Waals surface area contributed by atoms with Gasteiger partial charge in [0.15, 0.2) is 0 Å². The fourth-order valence-corrected chi connectivity index (χ4v) is 3.47. The molecule has 0 radical (unpaired) electrons. The highest BCUT2D eigenvalue weighted by atomic mass is 16.5. The molecular weight excluding hydrogens is 236 g/mol. The molecule has 2 aliphatic rings. The monoisotopic (exact) mass is 260 g/mol. The average molecular weight is 260 g/mol. The lowest BCUT2D eigenvalue weighted by atomic mass is 9.96. The molecule has 1 aromatic carbocycles. The van der Waals surface area contributed by atoms with Crippen molar-refractivity contribution < 1.29 is 4.74 Å². The van der Waals surface area contributed by atoms with Crippen LogP contribution in [0.5, 0.6) is 5.75 Å². The molecule has 104 valence electrons. The van der Waals surface area contributed by atoms with Crippen molar-refractivity contribution >= 4 is 0 Å². The van der Waals surface area contributed by atoms with E-state index in [9.17, 15) is 0 Å². The van der Waals surface area contributed by atoms with Crippen molar-refractivity contribution in [3.63, 3.8) is 0 Å². The Bertz CT molecular complexity index is 452. The fraction of sp³-hybridized carbons (Fsp3) is 0.625. The summed E-state index contributed by atoms with van der Waals surface area (Å²) in [5.74, 6) is 1.79. The molecule has 1 saturated heterocycles. The second-order valence-electron chi connectivity index (χ2n) is 6.08. The van der Waals surface area contributed by atoms with E-state index < -0.39 is 0 Å². The predicted molar refractivity (Wildman–Crippen MR) is 77.4 cm³/mol. The van der Waals surface area contributed by atoms with E-state index in [4.69, 9.17) is 10.5 Å². The van der Waals surface area contributed by atoms with Gasteiger partial charge in [0.1, 0.15) is 5.75 Å². The molecule has 3 heteroatoms. The topological polar surface area (TPSA) is 38.5 Å². The van der Waals surface area contributed by atoms with Crippen molar-refractivity contribution in [2.24, 2.45) is 11.7 Å². The highest BCUT2D eigenvalue weighted by Crippen LogP contribution is 2.36. The molecule has 0 amide bonds. The summed E-state index contributed by atoms with van der Waals surface area (Å²) in [7, 11) is 1.71. The summed E-state index contributed by atoms with van der Waals surface area (Å²) in [6.07, 6.45) is 3.71. The summed E-state index contributed by atoms with van der Waals surface area (Å²) >= 11 is 0. The van der Waals surface area contributed by atoms with Gasteiger partial charge in [0.2, 0.25) is 0 Å². The molecule has 19 heavy (non-hydrogen) atoms. The minimum absolute atomic E-state index is 0.138. The Morgan fingerprint density at radius 2 is 2.00 bits per heavy atom. The summed E-state index contributed by atoms with van der Waals surface area (Å²) in [6.45, 7) is 4.75. The molecule has 0 aromatic heterocycles. The Hall–Kier alpha value is -1.06. The van der Waals surface area contributed by atoms with Gasteiger partial charge in [0.05, 0.1) is 7.11 Å². The molecule has 3 rings (SSSR count). The number of likely N-dealkylation sites (tertiary alicyclic amines) is 1. The van der Waals surface area contributed by atoms with E-state index in [1.165, 1.54) is 37.1 Å². The van der Waals surface area contributed by atoms with Crippen LogP contribution in [-0.2, 0) is 6.42 Å². The zero-order chi connectivity index (χ0) is 13.4. The molecule has 0 bridgehead atoms. The minimum atomic E-state index is 0.138. The third kappa shape index (κ3) is 2.37. The Labute approximate surface area is 115 Å². The van der Waals surface area contributed by atoms with E-state index in [1.807, 2.05) is 6.07 Å². The number of nitrogens with zero attached hydrogens (tertiary/aromatic N) is 1. The highest BCUT2D eigenvalue weighted by molar-refractivity contribution is 5.42. The summed E-state index contributed by atoms with van der Waals surface area (Å²) in [4.78, 5) is 2.59. The molecule has 1 aliphatic heterocycles. The van der Waals surface area contributed by atoms with Gasteiger partial charge in [-0.15, -0.1) is 0 Å². The van der Waals surface area contributed by atoms with E-state index >= 15 is 0 Å². The summed E-state index contributed by atoms with van der Waals surface area (Å²) in [5.41, 5.74) is 9.16. The SMILES string of the molecule is COc1ccc2c(c1)C(N)C(N1CCC(C)CC1)C2. The molecule has 1 aromatic rings. The second-order valence-corrected chi connectivity index (χ2v) is 6.08. The first-order chi connectivity index (χ1) is 9.19. The number of piperidine rings is 1. The minimum Gasteiger partial charge on any atom is -0.497 e. The maximum absolute atomic E-state index is 6.48. The largest absolute Gasteiger partial charge is 0.497 e. The summed E-state index contributed by atoms with van der Waals surface area (Å²) < 4.78 is 5.31. The predicted octanol–water partition coefficient (Wildman–Crippen LogP) is 2.35. The molecule has 0 spiro atoms. The van der Waals surface area contributed by atoms with E-state index in [2.05, 4.69) is 24.0 Å². The zero-order valence-corrected chi connectivity index (χ0v) is 11.9. The average Bonchev–Trinajstić information content (AvgIpc) is 2.76. The Morgan fingerprint density at radius 3 is 2.68 bits per heavy atom. The van der Waals surface area contributed by atoms with Gasteiger partial charge in [-0.3, -0.25) is 4.90 Å². The van der Waals surface area contributed by atoms with Crippen LogP contribution >= 0.6 is 0 Å². The van der Waals surface area contributed by atoms with Crippen LogP contribution in [0.2, 0.25) is 0 Å². The fourth-order valence-electron chi connectivity index (χ4n) is 3.47. The van der Waals surface area contributed by atoms with Crippen molar-refractivity contribution in [1.29, 1.82) is 0 Å². The van der Waals surface area contributed by atoms with E-state index in [0.29, 0.717) is 6.04 Å². The molecular formula is C16H24N2O. The lowest BCUT2D eigenvalue weighted by Gasteiger charge is -2.36. The first-order valence-electron chi connectivity index (χ1n) is 7.35. The standard InChI is InChI=1S/C16H24N2O/c1-11-5-7-18(8-6-11)15-9-12-3-4-13(19-2)10-14(12)16(15)17/h3-4,10-11,15-16H,5-9,17H2,1-2H3. The number of rotatable bonds is 2. The third-order valence-electron chi connectivity index (χ3n) is 4.84. The molecule has 0 saturated carbocycles. The van der Waals surface area contributed by atoms with Gasteiger partial charge >= 0.3 is 0 Å². The molecule has 2 N–H and O–H groups in total. The van der Waals surface area contributed by atoms with Crippen molar-refractivity contribution in [2.75, 3.05) is 20.2 Å². The normalized spacial score (nSPS) is 28.4. The second kappa shape index (κ2) is 5.14. The van der Waals surface area contributed by atoms with Gasteiger partial charge < -0.3 is 10.5 Å². The van der Waals surface area contributed by atoms with Crippen molar-refractivity contribution in [3.05, 3.63) is 29.3 Å². The van der Waals surface area contributed by atoms with Gasteiger partial charge in [0.25, 0.3) is 0 Å². The molecule has 1 fully saturated rings. The maximum Gasteiger partial charge on any atom is 0.119 e. The number of ether oxygens (including phenoxy) is 1. The maximum atomic E-state index is 6.48. The Morgan fingerprint density at radius 1 is 1.26 bits per heavy atom. The van der Waals surface area contributed by atoms with Crippen LogP contribution in [0.3, 0.4) is 0 Å². The van der Waals surface area contributed by atoms with Crippen LogP contribution in [0.4, 0.5) is 0 Å². The number of benzene rings is 1. The Balaban J connectivity index is 1.77. The van der Waals surface area contributed by atoms with Gasteiger partial charge in [0, 0.05) is 12.1 Å². The molecule has 2 atom stereocenters. The lowest BCUT2D eigenvalue weighted by molar-refractivity contribution is 0.127. The smallest absolute Gasteiger partial charge is 0.119 e. The van der Waals surface area contributed by atoms with Gasteiger partial charge in [-0.25, -0.2) is 0 Å². The van der Waals surface area contributed by atoms with E-state index in [-0.39, 0.29) is 6.04 Å². The van der Waals surface area contributed by atoms with Crippen LogP contribution in [0.15, 0.2) is 18.2 Å². The molecule has 1 aliphatic carbocycles. The molecule has 1 heterocycles. The first kappa shape index (κ1) is 12.9. The lowest BCUT2D eigenvalue weighted by Crippen LogP contribution is -2.45. The first-order valence-corrected chi connectivity index (χ1v) is 7.35. The third-order valence-corrected chi connectivity index (χ3v) is 4.84. The molecule has 2 unspecified atom stereocenters.